The molecule has 0 spiro atoms. The largest absolute Gasteiger partial charge is 0.465 e. The molecule has 1 aromatic rings. The van der Waals surface area contributed by atoms with Crippen LogP contribution in [0.4, 0.5) is 5.69 Å². The highest BCUT2D eigenvalue weighted by molar-refractivity contribution is 7.12. The van der Waals surface area contributed by atoms with Crippen molar-refractivity contribution in [3.8, 4) is 0 Å². The normalized spacial score (nSPS) is 16.0. The van der Waals surface area contributed by atoms with Gasteiger partial charge in [-0.2, -0.15) is 0 Å². The minimum Gasteiger partial charge on any atom is -0.465 e. The monoisotopic (exact) mass is 311 g/mol. The highest BCUT2D eigenvalue weighted by Gasteiger charge is 2.21. The van der Waals surface area contributed by atoms with Crippen molar-refractivity contribution in [2.24, 2.45) is 0 Å². The van der Waals surface area contributed by atoms with Gasteiger partial charge in [0.15, 0.2) is 0 Å². The van der Waals surface area contributed by atoms with Crippen molar-refractivity contribution in [2.75, 3.05) is 39.1 Å². The van der Waals surface area contributed by atoms with E-state index in [1.807, 2.05) is 7.05 Å². The van der Waals surface area contributed by atoms with Crippen LogP contribution < -0.4 is 10.6 Å². The summed E-state index contributed by atoms with van der Waals surface area (Å²) < 4.78 is 4.70. The molecule has 1 aliphatic heterocycles. The van der Waals surface area contributed by atoms with Crippen LogP contribution in [-0.2, 0) is 9.53 Å². The first-order chi connectivity index (χ1) is 10.1. The van der Waals surface area contributed by atoms with E-state index < -0.39 is 5.97 Å². The Balaban J connectivity index is 1.89. The number of rotatable bonds is 5. The van der Waals surface area contributed by atoms with E-state index in [0.29, 0.717) is 23.2 Å². The predicted molar refractivity (Wildman–Crippen MR) is 82.8 cm³/mol. The number of amides is 1. The smallest absolute Gasteiger partial charge is 0.350 e. The first-order valence-corrected chi connectivity index (χ1v) is 7.86. The van der Waals surface area contributed by atoms with Gasteiger partial charge in [0.05, 0.1) is 19.3 Å². The molecule has 1 aromatic heterocycles. The number of ether oxygens (including phenoxy) is 1. The number of likely N-dealkylation sites (N-methyl/N-ethyl adjacent to an activating group) is 1. The molecule has 1 aliphatic rings. The number of anilines is 1. The minimum absolute atomic E-state index is 0.111. The molecule has 1 saturated heterocycles. The van der Waals surface area contributed by atoms with E-state index in [0.717, 1.165) is 25.9 Å². The Morgan fingerprint density at radius 3 is 2.86 bits per heavy atom. The Hall–Kier alpha value is -1.44. The number of esters is 1. The van der Waals surface area contributed by atoms with Gasteiger partial charge in [-0.1, -0.05) is 0 Å². The first-order valence-electron chi connectivity index (χ1n) is 6.98. The number of piperidine rings is 1. The number of thiophene rings is 1. The summed E-state index contributed by atoms with van der Waals surface area (Å²) in [6.07, 6.45) is 2.10. The SMILES string of the molecule is COC(=O)c1sccc1NC(=O)CN(C)C1CCNCC1. The first kappa shape index (κ1) is 15.9. The highest BCUT2D eigenvalue weighted by Crippen LogP contribution is 2.23. The molecule has 0 saturated carbocycles. The fourth-order valence-electron chi connectivity index (χ4n) is 2.45. The van der Waals surface area contributed by atoms with Crippen molar-refractivity contribution in [2.45, 2.75) is 18.9 Å². The van der Waals surface area contributed by atoms with E-state index in [-0.39, 0.29) is 5.91 Å². The van der Waals surface area contributed by atoms with Crippen molar-refractivity contribution in [1.82, 2.24) is 10.2 Å². The second-order valence-corrected chi connectivity index (χ2v) is 6.02. The third-order valence-corrected chi connectivity index (χ3v) is 4.53. The van der Waals surface area contributed by atoms with Crippen molar-refractivity contribution < 1.29 is 14.3 Å². The number of carbonyl (C=O) groups is 2. The average Bonchev–Trinajstić information content (AvgIpc) is 2.95. The van der Waals surface area contributed by atoms with E-state index >= 15 is 0 Å². The molecule has 2 heterocycles. The topological polar surface area (TPSA) is 70.7 Å². The fourth-order valence-corrected chi connectivity index (χ4v) is 3.22. The lowest BCUT2D eigenvalue weighted by Crippen LogP contribution is -2.44. The van der Waals surface area contributed by atoms with Crippen LogP contribution in [0, 0.1) is 0 Å². The van der Waals surface area contributed by atoms with Crippen LogP contribution >= 0.6 is 11.3 Å². The molecule has 2 rings (SSSR count). The quantitative estimate of drug-likeness (QED) is 0.799. The van der Waals surface area contributed by atoms with Crippen molar-refractivity contribution in [3.05, 3.63) is 16.3 Å². The van der Waals surface area contributed by atoms with Gasteiger partial charge >= 0.3 is 5.97 Å². The van der Waals surface area contributed by atoms with E-state index in [4.69, 9.17) is 4.74 Å². The molecule has 0 bridgehead atoms. The average molecular weight is 311 g/mol. The zero-order valence-corrected chi connectivity index (χ0v) is 13.2. The third-order valence-electron chi connectivity index (χ3n) is 3.64. The Morgan fingerprint density at radius 2 is 2.19 bits per heavy atom. The van der Waals surface area contributed by atoms with Gasteiger partial charge in [0.1, 0.15) is 4.88 Å². The number of nitrogens with zero attached hydrogens (tertiary/aromatic N) is 1. The van der Waals surface area contributed by atoms with Gasteiger partial charge in [0, 0.05) is 6.04 Å². The number of methoxy groups -OCH3 is 1. The van der Waals surface area contributed by atoms with Gasteiger partial charge in [-0.25, -0.2) is 4.79 Å². The molecule has 116 valence electrons. The van der Waals surface area contributed by atoms with Crippen LogP contribution in [-0.4, -0.2) is 56.6 Å². The number of nitrogens with one attached hydrogen (secondary N) is 2. The van der Waals surface area contributed by atoms with Crippen molar-refractivity contribution >= 4 is 28.9 Å². The summed E-state index contributed by atoms with van der Waals surface area (Å²) in [4.78, 5) is 26.2. The van der Waals surface area contributed by atoms with Gasteiger partial charge in [0.25, 0.3) is 0 Å². The maximum atomic E-state index is 12.1. The Kier molecular flexibility index (Phi) is 5.72. The summed E-state index contributed by atoms with van der Waals surface area (Å²) >= 11 is 1.26. The molecule has 1 fully saturated rings. The Bertz CT molecular complexity index is 497. The third kappa shape index (κ3) is 4.26. The molecule has 21 heavy (non-hydrogen) atoms. The zero-order chi connectivity index (χ0) is 15.2. The molecule has 2 N–H and O–H groups in total. The molecule has 0 aliphatic carbocycles. The van der Waals surface area contributed by atoms with Crippen molar-refractivity contribution in [1.29, 1.82) is 0 Å². The van der Waals surface area contributed by atoms with Gasteiger partial charge in [-0.3, -0.25) is 9.69 Å². The van der Waals surface area contributed by atoms with E-state index in [1.54, 1.807) is 11.4 Å². The maximum absolute atomic E-state index is 12.1. The van der Waals surface area contributed by atoms with Crippen LogP contribution in [0.3, 0.4) is 0 Å². The summed E-state index contributed by atoms with van der Waals surface area (Å²) in [6, 6.07) is 2.15. The van der Waals surface area contributed by atoms with Crippen LogP contribution in [0.1, 0.15) is 22.5 Å². The minimum atomic E-state index is -0.424. The standard InChI is InChI=1S/C14H21N3O3S/c1-17(10-3-6-15-7-4-10)9-12(18)16-11-5-8-21-13(11)14(19)20-2/h5,8,10,15H,3-4,6-7,9H2,1-2H3,(H,16,18). The number of hydrogen-bond acceptors (Lipinski definition) is 6. The second kappa shape index (κ2) is 7.53. The maximum Gasteiger partial charge on any atom is 0.350 e. The molecule has 0 radical (unpaired) electrons. The lowest BCUT2D eigenvalue weighted by molar-refractivity contribution is -0.117. The number of hydrogen-bond donors (Lipinski definition) is 2. The predicted octanol–water partition coefficient (Wildman–Crippen LogP) is 1.16. The lowest BCUT2D eigenvalue weighted by Gasteiger charge is -2.31. The fraction of sp³-hybridized carbons (Fsp3) is 0.571. The van der Waals surface area contributed by atoms with Gasteiger partial charge in [-0.05, 0) is 44.4 Å². The summed E-state index contributed by atoms with van der Waals surface area (Å²) in [5, 5.41) is 7.86. The second-order valence-electron chi connectivity index (χ2n) is 5.10. The van der Waals surface area contributed by atoms with E-state index in [2.05, 4.69) is 15.5 Å². The van der Waals surface area contributed by atoms with E-state index in [1.165, 1.54) is 18.4 Å². The molecule has 0 unspecified atom stereocenters. The summed E-state index contributed by atoms with van der Waals surface area (Å²) in [6.45, 7) is 2.31. The molecule has 1 amide bonds. The van der Waals surface area contributed by atoms with Crippen LogP contribution in [0.2, 0.25) is 0 Å². The summed E-state index contributed by atoms with van der Waals surface area (Å²) in [5.41, 5.74) is 0.524. The molecular weight excluding hydrogens is 290 g/mol. The molecule has 7 heteroatoms. The van der Waals surface area contributed by atoms with Crippen LogP contribution in [0.25, 0.3) is 0 Å². The Labute approximate surface area is 128 Å². The molecule has 0 atom stereocenters. The van der Waals surface area contributed by atoms with Gasteiger partial charge < -0.3 is 15.4 Å². The molecule has 0 aromatic carbocycles. The lowest BCUT2D eigenvalue weighted by atomic mass is 10.1. The van der Waals surface area contributed by atoms with Crippen LogP contribution in [0.15, 0.2) is 11.4 Å². The van der Waals surface area contributed by atoms with E-state index in [9.17, 15) is 9.59 Å². The molecule has 6 nitrogen and oxygen atoms in total. The van der Waals surface area contributed by atoms with Gasteiger partial charge in [-0.15, -0.1) is 11.3 Å². The summed E-state index contributed by atoms with van der Waals surface area (Å²) in [7, 11) is 3.29. The highest BCUT2D eigenvalue weighted by atomic mass is 32.1. The zero-order valence-electron chi connectivity index (χ0n) is 12.3. The summed E-state index contributed by atoms with van der Waals surface area (Å²) in [5.74, 6) is -0.536. The van der Waals surface area contributed by atoms with Crippen molar-refractivity contribution in [3.63, 3.8) is 0 Å². The van der Waals surface area contributed by atoms with Crippen LogP contribution in [0.5, 0.6) is 0 Å². The molecular formula is C14H21N3O3S. The number of carbonyl (C=O) groups excluding carboxylic acids is 2. The Morgan fingerprint density at radius 1 is 1.48 bits per heavy atom. The van der Waals surface area contributed by atoms with Gasteiger partial charge in [0.2, 0.25) is 5.91 Å².